The van der Waals surface area contributed by atoms with E-state index in [2.05, 4.69) is 14.8 Å². The van der Waals surface area contributed by atoms with Crippen LogP contribution in [0.5, 0.6) is 0 Å². The van der Waals surface area contributed by atoms with E-state index in [1.54, 1.807) is 13.1 Å². The molecule has 0 aliphatic carbocycles. The summed E-state index contributed by atoms with van der Waals surface area (Å²) >= 11 is 0. The molecule has 100 valence electrons. The largest absolute Gasteiger partial charge is 0.389 e. The van der Waals surface area contributed by atoms with Crippen LogP contribution in [-0.2, 0) is 0 Å². The Kier molecular flexibility index (Phi) is 4.55. The zero-order chi connectivity index (χ0) is 13.0. The molecule has 0 bridgehead atoms. The molecule has 18 heavy (non-hydrogen) atoms. The summed E-state index contributed by atoms with van der Waals surface area (Å²) in [6.45, 7) is 6.26. The van der Waals surface area contributed by atoms with Crippen LogP contribution in [0.15, 0.2) is 18.3 Å². The molecule has 0 saturated carbocycles. The summed E-state index contributed by atoms with van der Waals surface area (Å²) in [4.78, 5) is 9.02. The van der Waals surface area contributed by atoms with Crippen molar-refractivity contribution in [3.05, 3.63) is 23.9 Å². The minimum absolute atomic E-state index is 0.470. The molecule has 0 spiro atoms. The summed E-state index contributed by atoms with van der Waals surface area (Å²) in [6.07, 6.45) is 3.97. The molecule has 4 nitrogen and oxygen atoms in total. The standard InChI is InChI=1S/C14H23N3O/c1-12(18)13-6-5-7-15-14(13)16(2)10-11-17-8-3-4-9-17/h5-7,12,18H,3-4,8-11H2,1-2H3/t12-/m1/s1. The van der Waals surface area contributed by atoms with Crippen molar-refractivity contribution in [2.75, 3.05) is 38.1 Å². The molecule has 0 radical (unpaired) electrons. The van der Waals surface area contributed by atoms with Gasteiger partial charge in [0.05, 0.1) is 6.10 Å². The summed E-state index contributed by atoms with van der Waals surface area (Å²) in [5, 5.41) is 9.76. The Morgan fingerprint density at radius 1 is 1.44 bits per heavy atom. The lowest BCUT2D eigenvalue weighted by Gasteiger charge is -2.24. The van der Waals surface area contributed by atoms with Gasteiger partial charge >= 0.3 is 0 Å². The fourth-order valence-electron chi connectivity index (χ4n) is 2.46. The van der Waals surface area contributed by atoms with Gasteiger partial charge in [-0.2, -0.15) is 0 Å². The van der Waals surface area contributed by atoms with Gasteiger partial charge in [-0.15, -0.1) is 0 Å². The van der Waals surface area contributed by atoms with Crippen molar-refractivity contribution < 1.29 is 5.11 Å². The number of hydrogen-bond acceptors (Lipinski definition) is 4. The third-order valence-electron chi connectivity index (χ3n) is 3.58. The summed E-state index contributed by atoms with van der Waals surface area (Å²) in [7, 11) is 2.05. The molecule has 1 saturated heterocycles. The molecule has 1 aliphatic rings. The average molecular weight is 249 g/mol. The van der Waals surface area contributed by atoms with Crippen LogP contribution in [0.4, 0.5) is 5.82 Å². The number of likely N-dealkylation sites (N-methyl/N-ethyl adjacent to an activating group) is 1. The highest BCUT2D eigenvalue weighted by molar-refractivity contribution is 5.47. The maximum atomic E-state index is 9.76. The SMILES string of the molecule is C[C@@H](O)c1cccnc1N(C)CCN1CCCC1. The van der Waals surface area contributed by atoms with Crippen molar-refractivity contribution in [3.8, 4) is 0 Å². The fourth-order valence-corrected chi connectivity index (χ4v) is 2.46. The van der Waals surface area contributed by atoms with E-state index in [0.29, 0.717) is 0 Å². The number of aromatic nitrogens is 1. The van der Waals surface area contributed by atoms with Crippen molar-refractivity contribution >= 4 is 5.82 Å². The van der Waals surface area contributed by atoms with Crippen molar-refractivity contribution in [1.29, 1.82) is 0 Å². The molecular weight excluding hydrogens is 226 g/mol. The number of nitrogens with zero attached hydrogens (tertiary/aromatic N) is 3. The van der Waals surface area contributed by atoms with Crippen LogP contribution >= 0.6 is 0 Å². The van der Waals surface area contributed by atoms with Gasteiger partial charge in [0.2, 0.25) is 0 Å². The summed E-state index contributed by atoms with van der Waals surface area (Å²) in [6, 6.07) is 3.82. The first-order valence-corrected chi connectivity index (χ1v) is 6.75. The number of aliphatic hydroxyl groups excluding tert-OH is 1. The highest BCUT2D eigenvalue weighted by atomic mass is 16.3. The van der Waals surface area contributed by atoms with Gasteiger partial charge in [0, 0.05) is 31.9 Å². The van der Waals surface area contributed by atoms with Crippen molar-refractivity contribution in [2.45, 2.75) is 25.9 Å². The lowest BCUT2D eigenvalue weighted by molar-refractivity contribution is 0.199. The highest BCUT2D eigenvalue weighted by Crippen LogP contribution is 2.22. The quantitative estimate of drug-likeness (QED) is 0.861. The molecule has 2 rings (SSSR count). The zero-order valence-electron chi connectivity index (χ0n) is 11.3. The lowest BCUT2D eigenvalue weighted by Crippen LogP contribution is -2.32. The molecule has 0 unspecified atom stereocenters. The van der Waals surface area contributed by atoms with Crippen molar-refractivity contribution in [3.63, 3.8) is 0 Å². The van der Waals surface area contributed by atoms with Gasteiger partial charge in [-0.25, -0.2) is 4.98 Å². The molecule has 1 aromatic heterocycles. The maximum Gasteiger partial charge on any atom is 0.134 e. The number of hydrogen-bond donors (Lipinski definition) is 1. The van der Waals surface area contributed by atoms with Crippen LogP contribution in [-0.4, -0.2) is 48.2 Å². The van der Waals surface area contributed by atoms with E-state index >= 15 is 0 Å². The lowest BCUT2D eigenvalue weighted by atomic mass is 10.1. The summed E-state index contributed by atoms with van der Waals surface area (Å²) in [5.74, 6) is 0.895. The maximum absolute atomic E-state index is 9.76. The van der Waals surface area contributed by atoms with Gasteiger partial charge in [0.25, 0.3) is 0 Å². The Bertz CT molecular complexity index is 375. The van der Waals surface area contributed by atoms with E-state index in [4.69, 9.17) is 0 Å². The Balaban J connectivity index is 1.97. The monoisotopic (exact) mass is 249 g/mol. The van der Waals surface area contributed by atoms with Crippen molar-refractivity contribution in [2.24, 2.45) is 0 Å². The van der Waals surface area contributed by atoms with E-state index in [1.807, 2.05) is 19.2 Å². The first kappa shape index (κ1) is 13.3. The predicted octanol–water partition coefficient (Wildman–Crippen LogP) is 1.67. The normalized spacial score (nSPS) is 17.9. The molecule has 0 aromatic carbocycles. The average Bonchev–Trinajstić information content (AvgIpc) is 2.89. The van der Waals surface area contributed by atoms with Gasteiger partial charge in [-0.05, 0) is 38.9 Å². The number of pyridine rings is 1. The van der Waals surface area contributed by atoms with Crippen LogP contribution < -0.4 is 4.90 Å². The molecule has 1 atom stereocenters. The van der Waals surface area contributed by atoms with Gasteiger partial charge in [-0.1, -0.05) is 6.07 Å². The van der Waals surface area contributed by atoms with E-state index in [1.165, 1.54) is 25.9 Å². The van der Waals surface area contributed by atoms with E-state index in [9.17, 15) is 5.11 Å². The Labute approximate surface area is 109 Å². The first-order valence-electron chi connectivity index (χ1n) is 6.75. The smallest absolute Gasteiger partial charge is 0.134 e. The third-order valence-corrected chi connectivity index (χ3v) is 3.58. The predicted molar refractivity (Wildman–Crippen MR) is 73.8 cm³/mol. The van der Waals surface area contributed by atoms with Crippen LogP contribution in [0.1, 0.15) is 31.4 Å². The van der Waals surface area contributed by atoms with Gasteiger partial charge in [0.1, 0.15) is 5.82 Å². The van der Waals surface area contributed by atoms with Gasteiger partial charge in [0.15, 0.2) is 0 Å². The number of anilines is 1. The van der Waals surface area contributed by atoms with Crippen LogP contribution in [0, 0.1) is 0 Å². The van der Waals surface area contributed by atoms with E-state index in [-0.39, 0.29) is 0 Å². The van der Waals surface area contributed by atoms with E-state index in [0.717, 1.165) is 24.5 Å². The molecule has 4 heteroatoms. The fraction of sp³-hybridized carbons (Fsp3) is 0.643. The zero-order valence-corrected chi connectivity index (χ0v) is 11.3. The highest BCUT2D eigenvalue weighted by Gasteiger charge is 2.15. The minimum Gasteiger partial charge on any atom is -0.389 e. The molecule has 1 aromatic rings. The molecule has 1 aliphatic heterocycles. The number of aliphatic hydroxyl groups is 1. The first-order chi connectivity index (χ1) is 8.68. The van der Waals surface area contributed by atoms with Crippen LogP contribution in [0.25, 0.3) is 0 Å². The summed E-state index contributed by atoms with van der Waals surface area (Å²) < 4.78 is 0. The van der Waals surface area contributed by atoms with E-state index < -0.39 is 6.10 Å². The molecule has 2 heterocycles. The Morgan fingerprint density at radius 3 is 2.83 bits per heavy atom. The topological polar surface area (TPSA) is 39.6 Å². The second kappa shape index (κ2) is 6.16. The number of rotatable bonds is 5. The Morgan fingerprint density at radius 2 is 2.17 bits per heavy atom. The third kappa shape index (κ3) is 3.21. The number of likely N-dealkylation sites (tertiary alicyclic amines) is 1. The molecule has 0 amide bonds. The Hall–Kier alpha value is -1.13. The van der Waals surface area contributed by atoms with Gasteiger partial charge < -0.3 is 14.9 Å². The molecule has 1 fully saturated rings. The second-order valence-corrected chi connectivity index (χ2v) is 5.06. The molecule has 1 N–H and O–H groups in total. The second-order valence-electron chi connectivity index (χ2n) is 5.06. The molecular formula is C14H23N3O. The van der Waals surface area contributed by atoms with Crippen LogP contribution in [0.3, 0.4) is 0 Å². The summed E-state index contributed by atoms with van der Waals surface area (Å²) in [5.41, 5.74) is 0.904. The minimum atomic E-state index is -0.470. The van der Waals surface area contributed by atoms with Gasteiger partial charge in [-0.3, -0.25) is 0 Å². The van der Waals surface area contributed by atoms with Crippen molar-refractivity contribution in [1.82, 2.24) is 9.88 Å². The van der Waals surface area contributed by atoms with Crippen LogP contribution in [0.2, 0.25) is 0 Å².